The van der Waals surface area contributed by atoms with E-state index in [0.717, 1.165) is 6.42 Å². The van der Waals surface area contributed by atoms with Crippen LogP contribution in [0.1, 0.15) is 53.4 Å². The number of hydrogen-bond donors (Lipinski definition) is 1. The normalized spacial score (nSPS) is 46.1. The number of esters is 2. The largest absolute Gasteiger partial charge is 0.465 e. The molecule has 9 atom stereocenters. The van der Waals surface area contributed by atoms with Gasteiger partial charge in [-0.1, -0.05) is 43.7 Å². The molecule has 1 N–H and O–H groups in total. The molecule has 3 aliphatic heterocycles. The van der Waals surface area contributed by atoms with E-state index in [1.165, 1.54) is 17.7 Å². The maximum Gasteiger partial charge on any atom is 0.331 e. The molecule has 3 fully saturated rings. The molecule has 208 valence electrons. The van der Waals surface area contributed by atoms with Crippen LogP contribution >= 0.6 is 0 Å². The number of allylic oxidation sites excluding steroid dienone is 3. The summed E-state index contributed by atoms with van der Waals surface area (Å²) in [6.07, 6.45) is 7.35. The molecular formula is C29H38O9. The van der Waals surface area contributed by atoms with Crippen LogP contribution in [0, 0.1) is 16.7 Å². The Hall–Kier alpha value is -2.33. The predicted molar refractivity (Wildman–Crippen MR) is 135 cm³/mol. The van der Waals surface area contributed by atoms with E-state index in [2.05, 4.69) is 19.9 Å². The van der Waals surface area contributed by atoms with Crippen molar-refractivity contribution >= 4 is 17.7 Å². The molecule has 5 aliphatic rings. The second-order valence-electron chi connectivity index (χ2n) is 11.7. The lowest BCUT2D eigenvalue weighted by atomic mass is 9.51. The summed E-state index contributed by atoms with van der Waals surface area (Å²) in [5.41, 5.74) is -0.704. The second-order valence-corrected chi connectivity index (χ2v) is 11.7. The monoisotopic (exact) mass is 530 g/mol. The number of rotatable bonds is 1. The number of ether oxygens (including phenoxy) is 5. The van der Waals surface area contributed by atoms with Crippen LogP contribution in [0.4, 0.5) is 0 Å². The smallest absolute Gasteiger partial charge is 0.331 e. The van der Waals surface area contributed by atoms with Crippen molar-refractivity contribution in [3.8, 4) is 0 Å². The minimum Gasteiger partial charge on any atom is -0.465 e. The molecule has 0 aromatic heterocycles. The zero-order valence-electron chi connectivity index (χ0n) is 22.5. The third-order valence-electron chi connectivity index (χ3n) is 9.53. The molecule has 0 aromatic carbocycles. The quantitative estimate of drug-likeness (QED) is 0.310. The fourth-order valence-corrected chi connectivity index (χ4v) is 6.93. The third-order valence-corrected chi connectivity index (χ3v) is 9.53. The first kappa shape index (κ1) is 27.2. The first-order valence-corrected chi connectivity index (χ1v) is 13.5. The summed E-state index contributed by atoms with van der Waals surface area (Å²) in [5, 5.41) is 10.0. The summed E-state index contributed by atoms with van der Waals surface area (Å²) in [7, 11) is 0. The Morgan fingerprint density at radius 2 is 1.89 bits per heavy atom. The summed E-state index contributed by atoms with van der Waals surface area (Å²) >= 11 is 0. The van der Waals surface area contributed by atoms with Gasteiger partial charge in [-0.3, -0.25) is 9.59 Å². The highest BCUT2D eigenvalue weighted by atomic mass is 16.6. The molecule has 38 heavy (non-hydrogen) atoms. The van der Waals surface area contributed by atoms with Gasteiger partial charge in [0.1, 0.15) is 31.0 Å². The van der Waals surface area contributed by atoms with E-state index >= 15 is 0 Å². The van der Waals surface area contributed by atoms with Crippen molar-refractivity contribution in [2.45, 2.75) is 89.5 Å². The summed E-state index contributed by atoms with van der Waals surface area (Å²) in [6.45, 7) is 7.69. The van der Waals surface area contributed by atoms with Crippen LogP contribution in [0.2, 0.25) is 0 Å². The van der Waals surface area contributed by atoms with E-state index in [1.54, 1.807) is 26.0 Å². The van der Waals surface area contributed by atoms with Crippen molar-refractivity contribution in [2.24, 2.45) is 16.7 Å². The van der Waals surface area contributed by atoms with Crippen molar-refractivity contribution in [3.05, 3.63) is 36.0 Å². The summed E-state index contributed by atoms with van der Waals surface area (Å²) in [6, 6.07) is 0. The van der Waals surface area contributed by atoms with Crippen molar-refractivity contribution in [1.82, 2.24) is 0 Å². The summed E-state index contributed by atoms with van der Waals surface area (Å²) < 4.78 is 30.3. The van der Waals surface area contributed by atoms with Crippen molar-refractivity contribution in [3.63, 3.8) is 0 Å². The average Bonchev–Trinajstić information content (AvgIpc) is 3.64. The van der Waals surface area contributed by atoms with E-state index in [-0.39, 0.29) is 37.6 Å². The Bertz CT molecular complexity index is 1070. The van der Waals surface area contributed by atoms with Crippen LogP contribution in [-0.2, 0) is 38.1 Å². The predicted octanol–water partition coefficient (Wildman–Crippen LogP) is 2.60. The van der Waals surface area contributed by atoms with E-state index in [4.69, 9.17) is 23.7 Å². The van der Waals surface area contributed by atoms with E-state index in [0.29, 0.717) is 19.4 Å². The highest BCUT2D eigenvalue weighted by molar-refractivity contribution is 5.86. The van der Waals surface area contributed by atoms with Gasteiger partial charge < -0.3 is 28.8 Å². The lowest BCUT2D eigenvalue weighted by molar-refractivity contribution is -0.233. The molecule has 1 saturated carbocycles. The molecule has 9 unspecified atom stereocenters. The maximum atomic E-state index is 13.0. The topological polar surface area (TPSA) is 121 Å². The molecule has 0 radical (unpaired) electrons. The summed E-state index contributed by atoms with van der Waals surface area (Å²) in [4.78, 5) is 38.6. The molecule has 5 rings (SSSR count). The zero-order valence-corrected chi connectivity index (χ0v) is 22.5. The minimum atomic E-state index is -0.880. The highest BCUT2D eigenvalue weighted by Crippen LogP contribution is 2.72. The lowest BCUT2D eigenvalue weighted by Gasteiger charge is -2.58. The number of epoxide rings is 1. The van der Waals surface area contributed by atoms with Gasteiger partial charge in [-0.05, 0) is 26.7 Å². The maximum absolute atomic E-state index is 13.0. The molecule has 0 amide bonds. The van der Waals surface area contributed by atoms with Crippen LogP contribution in [-0.4, -0.2) is 78.8 Å². The number of carbonyl (C=O) groups is 3. The van der Waals surface area contributed by atoms with E-state index in [1.807, 2.05) is 0 Å². The molecular weight excluding hydrogens is 492 g/mol. The van der Waals surface area contributed by atoms with E-state index < -0.39 is 52.6 Å². The van der Waals surface area contributed by atoms with E-state index in [9.17, 15) is 19.5 Å². The number of cyclic esters (lactones) is 1. The SMILES string of the molecule is CC1=CC2OC3CC4OC(=O)/C=C/C=C/C(C(C)O)OCC(=O)C(C)CC(=O)OCC2(CC1)C4(C)C31CO1. The van der Waals surface area contributed by atoms with Gasteiger partial charge in [-0.2, -0.15) is 0 Å². The number of aliphatic hydroxyl groups is 1. The number of ketones is 1. The summed E-state index contributed by atoms with van der Waals surface area (Å²) in [5.74, 6) is -1.85. The molecule has 9 nitrogen and oxygen atoms in total. The van der Waals surface area contributed by atoms with Crippen molar-refractivity contribution < 1.29 is 43.2 Å². The first-order valence-electron chi connectivity index (χ1n) is 13.5. The first-order chi connectivity index (χ1) is 18.0. The van der Waals surface area contributed by atoms with Crippen LogP contribution in [0.15, 0.2) is 36.0 Å². The molecule has 3 heterocycles. The van der Waals surface area contributed by atoms with Gasteiger partial charge in [0.2, 0.25) is 0 Å². The van der Waals surface area contributed by atoms with Crippen LogP contribution in [0.25, 0.3) is 0 Å². The number of carbonyl (C=O) groups excluding carboxylic acids is 3. The van der Waals surface area contributed by atoms with Crippen molar-refractivity contribution in [1.29, 1.82) is 0 Å². The molecule has 2 spiro atoms. The van der Waals surface area contributed by atoms with Gasteiger partial charge in [-0.25, -0.2) is 4.79 Å². The molecule has 9 heteroatoms. The van der Waals surface area contributed by atoms with Gasteiger partial charge in [0, 0.05) is 23.8 Å². The van der Waals surface area contributed by atoms with Crippen LogP contribution in [0.5, 0.6) is 0 Å². The molecule has 0 aromatic rings. The van der Waals surface area contributed by atoms with Gasteiger partial charge >= 0.3 is 11.9 Å². The highest BCUT2D eigenvalue weighted by Gasteiger charge is 2.83. The Morgan fingerprint density at radius 1 is 1.13 bits per heavy atom. The van der Waals surface area contributed by atoms with Gasteiger partial charge in [0.15, 0.2) is 5.78 Å². The number of aliphatic hydroxyl groups excluding tert-OH is 1. The third kappa shape index (κ3) is 4.37. The van der Waals surface area contributed by atoms with Gasteiger partial charge in [-0.15, -0.1) is 0 Å². The van der Waals surface area contributed by atoms with Gasteiger partial charge in [0.25, 0.3) is 0 Å². The van der Waals surface area contributed by atoms with Crippen LogP contribution < -0.4 is 0 Å². The minimum absolute atomic E-state index is 0.0722. The Kier molecular flexibility index (Phi) is 7.18. The Labute approximate surface area is 223 Å². The second kappa shape index (κ2) is 10.0. The van der Waals surface area contributed by atoms with Crippen LogP contribution in [0.3, 0.4) is 0 Å². The molecule has 2 bridgehead atoms. The average molecular weight is 531 g/mol. The number of hydrogen-bond acceptors (Lipinski definition) is 9. The fourth-order valence-electron chi connectivity index (χ4n) is 6.93. The Balaban J connectivity index is 1.50. The van der Waals surface area contributed by atoms with Gasteiger partial charge in [0.05, 0.1) is 36.8 Å². The molecule has 2 aliphatic carbocycles. The van der Waals surface area contributed by atoms with Crippen molar-refractivity contribution in [2.75, 3.05) is 19.8 Å². The fraction of sp³-hybridized carbons (Fsp3) is 0.690. The lowest BCUT2D eigenvalue weighted by Crippen LogP contribution is -2.66. The molecule has 2 saturated heterocycles. The Morgan fingerprint density at radius 3 is 2.61 bits per heavy atom. The zero-order chi connectivity index (χ0) is 27.3. The number of Topliss-reactive ketones (excluding diaryl/α,β-unsaturated/α-hetero) is 1. The standard InChI is InChI=1S/C29H38O9/c1-17-9-10-28-15-35-26(33)12-18(2)20(31)14-34-21(19(3)30)7-5-6-8-25(32)38-22-13-24(37-23(28)11-17)29(16-36-29)27(22,28)4/h5-8,11,18-19,21-24,30H,9-10,12-16H2,1-4H3/b7-5+,8-6+.